The van der Waals surface area contributed by atoms with E-state index in [1.807, 2.05) is 5.38 Å². The maximum absolute atomic E-state index is 10.9. The van der Waals surface area contributed by atoms with Gasteiger partial charge in [-0.15, -0.1) is 5.10 Å². The number of aromatic nitrogens is 2. The molecule has 23 heavy (non-hydrogen) atoms. The van der Waals surface area contributed by atoms with Gasteiger partial charge in [0.2, 0.25) is 0 Å². The van der Waals surface area contributed by atoms with Gasteiger partial charge in [0.05, 0.1) is 12.5 Å². The Morgan fingerprint density at radius 2 is 1.96 bits per heavy atom. The molecule has 0 aliphatic heterocycles. The maximum Gasteiger partial charge on any atom is 0.328 e. The molecule has 0 bridgehead atoms. The Labute approximate surface area is 141 Å². The van der Waals surface area contributed by atoms with Crippen molar-refractivity contribution in [1.29, 1.82) is 0 Å². The number of allylic oxidation sites excluding steroid dienone is 1. The molecule has 1 aromatic heterocycles. The highest BCUT2D eigenvalue weighted by Crippen LogP contribution is 2.07. The second-order valence-corrected chi connectivity index (χ2v) is 6.83. The van der Waals surface area contributed by atoms with Gasteiger partial charge in [-0.3, -0.25) is 9.35 Å². The molecule has 0 aliphatic rings. The van der Waals surface area contributed by atoms with E-state index in [9.17, 15) is 13.2 Å². The maximum atomic E-state index is 10.9. The molecule has 0 saturated carbocycles. The van der Waals surface area contributed by atoms with Gasteiger partial charge in [0.1, 0.15) is 0 Å². The average molecular weight is 364 g/mol. The van der Waals surface area contributed by atoms with Crippen molar-refractivity contribution in [3.63, 3.8) is 0 Å². The second-order valence-electron chi connectivity index (χ2n) is 4.73. The van der Waals surface area contributed by atoms with Crippen LogP contribution in [0.5, 0.6) is 0 Å². The topological polar surface area (TPSA) is 106 Å². The fourth-order valence-corrected chi connectivity index (χ4v) is 2.19. The zero-order valence-electron chi connectivity index (χ0n) is 13.3. The van der Waals surface area contributed by atoms with Crippen molar-refractivity contribution in [2.24, 2.45) is 0 Å². The third kappa shape index (κ3) is 18.6. The Morgan fingerprint density at radius 1 is 1.26 bits per heavy atom. The summed E-state index contributed by atoms with van der Waals surface area (Å²) in [5, 5.41) is 5.31. The number of nitrogens with zero attached hydrogens (tertiary/aromatic N) is 2. The van der Waals surface area contributed by atoms with Crippen LogP contribution in [0, 0.1) is 0 Å². The van der Waals surface area contributed by atoms with E-state index in [1.54, 1.807) is 12.3 Å². The lowest BCUT2D eigenvalue weighted by molar-refractivity contribution is -0.135. The summed E-state index contributed by atoms with van der Waals surface area (Å²) < 4.78 is 37.1. The number of hydrogen-bond acceptors (Lipinski definition) is 7. The molecule has 0 fully saturated rings. The van der Waals surface area contributed by atoms with Crippen LogP contribution in [0.25, 0.3) is 0 Å². The Kier molecular flexibility index (Phi) is 13.5. The molecule has 1 aromatic rings. The number of esters is 1. The fraction of sp³-hybridized carbons (Fsp3) is 0.643. The van der Waals surface area contributed by atoms with Crippen molar-refractivity contribution < 1.29 is 22.5 Å². The van der Waals surface area contributed by atoms with E-state index >= 15 is 0 Å². The van der Waals surface area contributed by atoms with Crippen molar-refractivity contribution in [3.05, 3.63) is 23.9 Å². The van der Waals surface area contributed by atoms with Crippen molar-refractivity contribution in [3.8, 4) is 0 Å². The third-order valence-corrected chi connectivity index (χ3v) is 3.64. The van der Waals surface area contributed by atoms with Crippen LogP contribution >= 0.6 is 11.5 Å². The Hall–Kier alpha value is -1.32. The molecule has 9 heteroatoms. The van der Waals surface area contributed by atoms with Crippen LogP contribution in [0.2, 0.25) is 0 Å². The fourth-order valence-electron chi connectivity index (χ4n) is 1.55. The van der Waals surface area contributed by atoms with E-state index in [-0.39, 0.29) is 0 Å². The smallest absolute Gasteiger partial charge is 0.328 e. The summed E-state index contributed by atoms with van der Waals surface area (Å²) >= 11 is 1.35. The van der Waals surface area contributed by atoms with Gasteiger partial charge in [0, 0.05) is 5.38 Å². The zero-order valence-corrected chi connectivity index (χ0v) is 14.9. The van der Waals surface area contributed by atoms with Crippen LogP contribution < -0.4 is 0 Å². The van der Waals surface area contributed by atoms with Crippen LogP contribution in [0.1, 0.15) is 51.9 Å². The molecule has 0 amide bonds. The van der Waals surface area contributed by atoms with Gasteiger partial charge in [0.25, 0.3) is 10.1 Å². The van der Waals surface area contributed by atoms with Gasteiger partial charge in [-0.05, 0) is 30.5 Å². The first kappa shape index (κ1) is 21.7. The van der Waals surface area contributed by atoms with Crippen molar-refractivity contribution in [2.45, 2.75) is 51.9 Å². The number of hydrogen-bond donors (Lipinski definition) is 1. The first-order valence-corrected chi connectivity index (χ1v) is 9.91. The van der Waals surface area contributed by atoms with Gasteiger partial charge < -0.3 is 4.74 Å². The lowest BCUT2D eigenvalue weighted by Crippen LogP contribution is -2.15. The standard InChI is InChI=1S/C12H22O5S.C2H2N2S/c1-2-3-4-5-6-7-8-9-10-17-12(13)11-18(14,15)16;1-2-5-4-3-1/h9-10H,2-8,11H2,1H3,(H,14,15,16);1-2H. The van der Waals surface area contributed by atoms with E-state index in [0.717, 1.165) is 19.3 Å². The monoisotopic (exact) mass is 364 g/mol. The Balaban J connectivity index is 0.000000809. The molecule has 0 unspecified atom stereocenters. The molecule has 7 nitrogen and oxygen atoms in total. The molecule has 0 aromatic carbocycles. The van der Waals surface area contributed by atoms with Gasteiger partial charge in [-0.1, -0.05) is 43.5 Å². The summed E-state index contributed by atoms with van der Waals surface area (Å²) in [6.45, 7) is 2.17. The number of ether oxygens (including phenoxy) is 1. The lowest BCUT2D eigenvalue weighted by atomic mass is 10.1. The molecule has 0 radical (unpaired) electrons. The van der Waals surface area contributed by atoms with Gasteiger partial charge >= 0.3 is 5.97 Å². The van der Waals surface area contributed by atoms with E-state index in [4.69, 9.17) is 4.55 Å². The molecular formula is C14H24N2O5S2. The summed E-state index contributed by atoms with van der Waals surface area (Å²) in [7, 11) is -4.29. The predicted molar refractivity (Wildman–Crippen MR) is 89.5 cm³/mol. The second kappa shape index (κ2) is 14.3. The first-order valence-electron chi connectivity index (χ1n) is 7.46. The van der Waals surface area contributed by atoms with Gasteiger partial charge in [-0.25, -0.2) is 0 Å². The SMILES string of the molecule is CCCCCCCCC=COC(=O)CS(=O)(=O)O.c1csnn1. The highest BCUT2D eigenvalue weighted by Gasteiger charge is 2.12. The first-order chi connectivity index (χ1) is 11.0. The average Bonchev–Trinajstić information content (AvgIpc) is 3.03. The van der Waals surface area contributed by atoms with E-state index in [0.29, 0.717) is 0 Å². The van der Waals surface area contributed by atoms with Crippen LogP contribution in [-0.2, 0) is 19.6 Å². The molecule has 132 valence electrons. The largest absolute Gasteiger partial charge is 0.434 e. The van der Waals surface area contributed by atoms with Crippen LogP contribution in [0.4, 0.5) is 0 Å². The van der Waals surface area contributed by atoms with Crippen LogP contribution in [-0.4, -0.2) is 34.3 Å². The van der Waals surface area contributed by atoms with Crippen LogP contribution in [0.3, 0.4) is 0 Å². The van der Waals surface area contributed by atoms with Gasteiger partial charge in [-0.2, -0.15) is 8.42 Å². The molecule has 0 atom stereocenters. The predicted octanol–water partition coefficient (Wildman–Crippen LogP) is 3.22. The van der Waals surface area contributed by atoms with E-state index in [2.05, 4.69) is 21.2 Å². The number of unbranched alkanes of at least 4 members (excludes halogenated alkanes) is 6. The molecule has 0 saturated heterocycles. The number of rotatable bonds is 10. The third-order valence-electron chi connectivity index (χ3n) is 2.60. The molecule has 1 rings (SSSR count). The quantitative estimate of drug-likeness (QED) is 0.294. The molecule has 1 N–H and O–H groups in total. The highest BCUT2D eigenvalue weighted by atomic mass is 32.2. The molecular weight excluding hydrogens is 340 g/mol. The summed E-state index contributed by atoms with van der Waals surface area (Å²) in [5.41, 5.74) is 0. The van der Waals surface area contributed by atoms with Crippen LogP contribution in [0.15, 0.2) is 23.9 Å². The summed E-state index contributed by atoms with van der Waals surface area (Å²) in [5.74, 6) is -1.98. The lowest BCUT2D eigenvalue weighted by Gasteiger charge is -1.98. The molecule has 0 aliphatic carbocycles. The van der Waals surface area contributed by atoms with E-state index < -0.39 is 21.8 Å². The number of carbonyl (C=O) groups excluding carboxylic acids is 1. The Morgan fingerprint density at radius 3 is 2.48 bits per heavy atom. The zero-order chi connectivity index (χ0) is 17.4. The van der Waals surface area contributed by atoms with Crippen molar-refractivity contribution >= 4 is 27.6 Å². The minimum absolute atomic E-state index is 0.797. The van der Waals surface area contributed by atoms with Crippen molar-refractivity contribution in [1.82, 2.24) is 9.59 Å². The summed E-state index contributed by atoms with van der Waals surface area (Å²) in [6, 6.07) is 0. The highest BCUT2D eigenvalue weighted by molar-refractivity contribution is 7.86. The van der Waals surface area contributed by atoms with Crippen molar-refractivity contribution in [2.75, 3.05) is 5.75 Å². The minimum atomic E-state index is -4.29. The number of carbonyl (C=O) groups is 1. The molecule has 1 heterocycles. The minimum Gasteiger partial charge on any atom is -0.434 e. The van der Waals surface area contributed by atoms with Gasteiger partial charge in [0.15, 0.2) is 5.75 Å². The van der Waals surface area contributed by atoms with E-state index in [1.165, 1.54) is 43.5 Å². The molecule has 0 spiro atoms. The Bertz CT molecular complexity index is 498. The normalized spacial score (nSPS) is 11.0. The summed E-state index contributed by atoms with van der Waals surface area (Å²) in [6.07, 6.45) is 12.4. The summed E-state index contributed by atoms with van der Waals surface area (Å²) in [4.78, 5) is 10.9.